The van der Waals surface area contributed by atoms with E-state index in [4.69, 9.17) is 4.42 Å². The van der Waals surface area contributed by atoms with Crippen molar-refractivity contribution in [2.45, 2.75) is 17.7 Å². The molecule has 4 rings (SSSR count). The van der Waals surface area contributed by atoms with Gasteiger partial charge in [-0.05, 0) is 50.0 Å². The minimum absolute atomic E-state index is 0.0597. The van der Waals surface area contributed by atoms with E-state index in [-0.39, 0.29) is 29.8 Å². The maximum absolute atomic E-state index is 13.3. The molecule has 4 aromatic rings. The Bertz CT molecular complexity index is 1320. The molecule has 1 amide bonds. The summed E-state index contributed by atoms with van der Waals surface area (Å²) in [4.78, 5) is 32.7. The Hall–Kier alpha value is -2.88. The Morgan fingerprint density at radius 3 is 2.68 bits per heavy atom. The average Bonchev–Trinajstić information content (AvgIpc) is 3.34. The second-order valence-corrected chi connectivity index (χ2v) is 9.87. The normalized spacial score (nSPS) is 12.2. The number of halogens is 1. The zero-order chi connectivity index (χ0) is 24.1. The number of aromatic nitrogens is 2. The number of carbonyl (C=O) groups is 1. The second-order valence-electron chi connectivity index (χ2n) is 8.01. The molecule has 0 saturated carbocycles. The summed E-state index contributed by atoms with van der Waals surface area (Å²) in [5.41, 5.74) is 1.54. The molecule has 34 heavy (non-hydrogen) atoms. The standard InChI is InChI=1S/C25H25BrN4O3S/c1-29(2)22(17-7-4-3-5-8-17)14-27-23(31)16-34-25-28-21-11-10-18(26)13-20(21)24(32)30(25)15-19-9-6-12-33-19/h3-13,22H,14-16H2,1-2H3,(H,27,31)/t22-/m0/s1. The van der Waals surface area contributed by atoms with E-state index in [1.54, 1.807) is 29.0 Å². The lowest BCUT2D eigenvalue weighted by molar-refractivity contribution is -0.118. The number of rotatable bonds is 9. The third kappa shape index (κ3) is 5.78. The van der Waals surface area contributed by atoms with Gasteiger partial charge in [0.05, 0.1) is 35.5 Å². The first kappa shape index (κ1) is 24.3. The maximum Gasteiger partial charge on any atom is 0.262 e. The molecular formula is C25H25BrN4O3S. The minimum atomic E-state index is -0.178. The zero-order valence-electron chi connectivity index (χ0n) is 18.9. The van der Waals surface area contributed by atoms with Crippen LogP contribution in [0.2, 0.25) is 0 Å². The molecule has 2 aromatic heterocycles. The van der Waals surface area contributed by atoms with Crippen LogP contribution in [0.25, 0.3) is 10.9 Å². The van der Waals surface area contributed by atoms with Crippen molar-refractivity contribution in [2.24, 2.45) is 0 Å². The van der Waals surface area contributed by atoms with Crippen molar-refractivity contribution in [3.63, 3.8) is 0 Å². The van der Waals surface area contributed by atoms with E-state index in [9.17, 15) is 9.59 Å². The number of furan rings is 1. The first-order chi connectivity index (χ1) is 16.4. The molecular weight excluding hydrogens is 516 g/mol. The molecule has 0 aliphatic carbocycles. The monoisotopic (exact) mass is 540 g/mol. The summed E-state index contributed by atoms with van der Waals surface area (Å²) < 4.78 is 7.80. The van der Waals surface area contributed by atoms with Crippen LogP contribution >= 0.6 is 27.7 Å². The number of nitrogens with one attached hydrogen (secondary N) is 1. The molecule has 0 spiro atoms. The van der Waals surface area contributed by atoms with Crippen LogP contribution < -0.4 is 10.9 Å². The van der Waals surface area contributed by atoms with Gasteiger partial charge in [-0.15, -0.1) is 0 Å². The number of likely N-dealkylation sites (N-methyl/N-ethyl adjacent to an activating group) is 1. The first-order valence-corrected chi connectivity index (χ1v) is 12.5. The molecule has 176 valence electrons. The summed E-state index contributed by atoms with van der Waals surface area (Å²) >= 11 is 4.66. The van der Waals surface area contributed by atoms with E-state index in [1.165, 1.54) is 11.8 Å². The van der Waals surface area contributed by atoms with Gasteiger partial charge in [-0.2, -0.15) is 0 Å². The highest BCUT2D eigenvalue weighted by atomic mass is 79.9. The Labute approximate surface area is 210 Å². The van der Waals surface area contributed by atoms with Crippen molar-refractivity contribution < 1.29 is 9.21 Å². The van der Waals surface area contributed by atoms with Gasteiger partial charge < -0.3 is 14.6 Å². The number of amides is 1. The van der Waals surface area contributed by atoms with Gasteiger partial charge in [0, 0.05) is 11.0 Å². The van der Waals surface area contributed by atoms with Gasteiger partial charge >= 0.3 is 0 Å². The molecule has 1 N–H and O–H groups in total. The number of hydrogen-bond donors (Lipinski definition) is 1. The van der Waals surface area contributed by atoms with Gasteiger partial charge in [0.15, 0.2) is 5.16 Å². The number of carbonyl (C=O) groups excluding carboxylic acids is 1. The molecule has 0 saturated heterocycles. The van der Waals surface area contributed by atoms with E-state index in [0.717, 1.165) is 10.0 Å². The lowest BCUT2D eigenvalue weighted by Crippen LogP contribution is -2.35. The SMILES string of the molecule is CN(C)[C@@H](CNC(=O)CSc1nc2ccc(Br)cc2c(=O)n1Cc1ccco1)c1ccccc1. The zero-order valence-corrected chi connectivity index (χ0v) is 21.3. The van der Waals surface area contributed by atoms with Crippen molar-refractivity contribution in [1.82, 2.24) is 19.8 Å². The fraction of sp³-hybridized carbons (Fsp3) is 0.240. The number of hydrogen-bond acceptors (Lipinski definition) is 6. The molecule has 1 atom stereocenters. The molecule has 0 radical (unpaired) electrons. The van der Waals surface area contributed by atoms with Crippen LogP contribution in [0.5, 0.6) is 0 Å². The minimum Gasteiger partial charge on any atom is -0.467 e. The second kappa shape index (κ2) is 11.0. The van der Waals surface area contributed by atoms with Crippen molar-refractivity contribution in [3.05, 3.63) is 93.1 Å². The number of thioether (sulfide) groups is 1. The van der Waals surface area contributed by atoms with Crippen molar-refractivity contribution in [2.75, 3.05) is 26.4 Å². The Kier molecular flexibility index (Phi) is 7.87. The van der Waals surface area contributed by atoms with Crippen molar-refractivity contribution in [3.8, 4) is 0 Å². The molecule has 9 heteroatoms. The van der Waals surface area contributed by atoms with Crippen LogP contribution in [0.15, 0.2) is 85.8 Å². The van der Waals surface area contributed by atoms with Crippen molar-refractivity contribution >= 4 is 44.5 Å². The van der Waals surface area contributed by atoms with Gasteiger partial charge in [0.2, 0.25) is 5.91 Å². The topological polar surface area (TPSA) is 80.4 Å². The predicted octanol–water partition coefficient (Wildman–Crippen LogP) is 4.31. The fourth-order valence-electron chi connectivity index (χ4n) is 3.65. The molecule has 0 bridgehead atoms. The average molecular weight is 541 g/mol. The molecule has 0 fully saturated rings. The first-order valence-electron chi connectivity index (χ1n) is 10.8. The summed E-state index contributed by atoms with van der Waals surface area (Å²) in [5.74, 6) is 0.658. The van der Waals surface area contributed by atoms with E-state index in [0.29, 0.717) is 28.4 Å². The van der Waals surface area contributed by atoms with Gasteiger partial charge in [-0.25, -0.2) is 4.98 Å². The van der Waals surface area contributed by atoms with E-state index in [1.807, 2.05) is 44.4 Å². The van der Waals surface area contributed by atoms with E-state index in [2.05, 4.69) is 43.3 Å². The number of fused-ring (bicyclic) bond motifs is 1. The van der Waals surface area contributed by atoms with Crippen LogP contribution in [0.1, 0.15) is 17.4 Å². The van der Waals surface area contributed by atoms with Crippen molar-refractivity contribution in [1.29, 1.82) is 0 Å². The van der Waals surface area contributed by atoms with Gasteiger partial charge in [-0.1, -0.05) is 58.0 Å². The molecule has 7 nitrogen and oxygen atoms in total. The van der Waals surface area contributed by atoms with E-state index >= 15 is 0 Å². The highest BCUT2D eigenvalue weighted by Crippen LogP contribution is 2.22. The van der Waals surface area contributed by atoms with Crippen LogP contribution in [0.3, 0.4) is 0 Å². The van der Waals surface area contributed by atoms with Crippen LogP contribution in [-0.4, -0.2) is 46.8 Å². The molecule has 0 aliphatic heterocycles. The van der Waals surface area contributed by atoms with Crippen LogP contribution in [0.4, 0.5) is 0 Å². The Morgan fingerprint density at radius 1 is 1.18 bits per heavy atom. The summed E-state index contributed by atoms with van der Waals surface area (Å²) in [6, 6.07) is 19.1. The van der Waals surface area contributed by atoms with Crippen LogP contribution in [0, 0.1) is 0 Å². The quantitative estimate of drug-likeness (QED) is 0.251. The predicted molar refractivity (Wildman–Crippen MR) is 138 cm³/mol. The van der Waals surface area contributed by atoms with E-state index < -0.39 is 0 Å². The highest BCUT2D eigenvalue weighted by molar-refractivity contribution is 9.10. The Morgan fingerprint density at radius 2 is 1.97 bits per heavy atom. The molecule has 2 aromatic carbocycles. The molecule has 0 unspecified atom stereocenters. The largest absolute Gasteiger partial charge is 0.467 e. The molecule has 2 heterocycles. The fourth-order valence-corrected chi connectivity index (χ4v) is 4.84. The van der Waals surface area contributed by atoms with Crippen LogP contribution in [-0.2, 0) is 11.3 Å². The maximum atomic E-state index is 13.3. The number of nitrogens with zero attached hydrogens (tertiary/aromatic N) is 3. The van der Waals surface area contributed by atoms with Gasteiger partial charge in [0.25, 0.3) is 5.56 Å². The third-order valence-electron chi connectivity index (χ3n) is 5.41. The molecule has 0 aliphatic rings. The smallest absolute Gasteiger partial charge is 0.262 e. The van der Waals surface area contributed by atoms with Gasteiger partial charge in [-0.3, -0.25) is 14.2 Å². The van der Waals surface area contributed by atoms with Gasteiger partial charge in [0.1, 0.15) is 5.76 Å². The number of benzene rings is 2. The summed E-state index contributed by atoms with van der Waals surface area (Å²) in [6.45, 7) is 0.719. The lowest BCUT2D eigenvalue weighted by Gasteiger charge is -2.25. The summed E-state index contributed by atoms with van der Waals surface area (Å²) in [7, 11) is 3.98. The third-order valence-corrected chi connectivity index (χ3v) is 6.88. The lowest BCUT2D eigenvalue weighted by atomic mass is 10.1. The summed E-state index contributed by atoms with van der Waals surface area (Å²) in [6.07, 6.45) is 1.57. The Balaban J connectivity index is 1.51. The highest BCUT2D eigenvalue weighted by Gasteiger charge is 2.17. The summed E-state index contributed by atoms with van der Waals surface area (Å²) in [5, 5.41) is 3.99.